The van der Waals surface area contributed by atoms with Gasteiger partial charge in [0.2, 0.25) is 0 Å². The molecule has 0 fully saturated rings. The lowest BCUT2D eigenvalue weighted by Crippen LogP contribution is -1.95. The summed E-state index contributed by atoms with van der Waals surface area (Å²) >= 11 is 7.34. The summed E-state index contributed by atoms with van der Waals surface area (Å²) in [4.78, 5) is 8.90. The van der Waals surface area contributed by atoms with Gasteiger partial charge in [-0.15, -0.1) is 11.8 Å². The van der Waals surface area contributed by atoms with Gasteiger partial charge >= 0.3 is 0 Å². The first kappa shape index (κ1) is 16.9. The molecule has 0 aliphatic rings. The van der Waals surface area contributed by atoms with E-state index in [4.69, 9.17) is 11.6 Å². The van der Waals surface area contributed by atoms with E-state index >= 15 is 0 Å². The van der Waals surface area contributed by atoms with Gasteiger partial charge < -0.3 is 0 Å². The Bertz CT molecular complexity index is 887. The minimum absolute atomic E-state index is 0.287. The molecule has 0 bridgehead atoms. The van der Waals surface area contributed by atoms with Gasteiger partial charge in [-0.1, -0.05) is 23.7 Å². The lowest BCUT2D eigenvalue weighted by atomic mass is 10.2. The van der Waals surface area contributed by atoms with E-state index in [2.05, 4.69) is 9.97 Å². The van der Waals surface area contributed by atoms with Crippen LogP contribution in [-0.2, 0) is 5.75 Å². The smallest absolute Gasteiger partial charge is 0.160 e. The Morgan fingerprint density at radius 1 is 1.04 bits per heavy atom. The molecule has 0 N–H and O–H groups in total. The second-order valence-corrected chi connectivity index (χ2v) is 6.64. The molecule has 24 heavy (non-hydrogen) atoms. The number of nitrogens with zero attached hydrogens (tertiary/aromatic N) is 2. The third kappa shape index (κ3) is 4.10. The van der Waals surface area contributed by atoms with Crippen molar-refractivity contribution in [2.45, 2.75) is 17.7 Å². The molecule has 0 unspecified atom stereocenters. The standard InChI is InChI=1S/C18H13ClF2N2S/c1-11-7-17(24-10-13-9-15(20)5-6-16(13)21)23-18(22-11)12-3-2-4-14(19)8-12/h2-9H,10H2,1H3. The van der Waals surface area contributed by atoms with Crippen LogP contribution in [0.15, 0.2) is 53.6 Å². The van der Waals surface area contributed by atoms with E-state index in [1.807, 2.05) is 25.1 Å². The zero-order valence-electron chi connectivity index (χ0n) is 12.8. The van der Waals surface area contributed by atoms with Crippen molar-refractivity contribution in [3.05, 3.63) is 76.4 Å². The summed E-state index contributed by atoms with van der Waals surface area (Å²) in [5, 5.41) is 1.30. The fraction of sp³-hybridized carbons (Fsp3) is 0.111. The van der Waals surface area contributed by atoms with Crippen LogP contribution in [0.4, 0.5) is 8.78 Å². The topological polar surface area (TPSA) is 25.8 Å². The minimum atomic E-state index is -0.453. The van der Waals surface area contributed by atoms with Crippen LogP contribution >= 0.6 is 23.4 Å². The number of halogens is 3. The van der Waals surface area contributed by atoms with Crippen LogP contribution in [0.1, 0.15) is 11.3 Å². The highest BCUT2D eigenvalue weighted by Gasteiger charge is 2.09. The van der Waals surface area contributed by atoms with E-state index in [0.29, 0.717) is 21.4 Å². The first-order valence-electron chi connectivity index (χ1n) is 7.19. The number of aromatic nitrogens is 2. The van der Waals surface area contributed by atoms with Crippen molar-refractivity contribution in [1.82, 2.24) is 9.97 Å². The number of hydrogen-bond donors (Lipinski definition) is 0. The maximum atomic E-state index is 13.7. The molecule has 0 aliphatic heterocycles. The lowest BCUT2D eigenvalue weighted by Gasteiger charge is -2.07. The van der Waals surface area contributed by atoms with Gasteiger partial charge in [0.15, 0.2) is 5.82 Å². The first-order valence-corrected chi connectivity index (χ1v) is 8.56. The first-order chi connectivity index (χ1) is 11.5. The molecule has 0 amide bonds. The monoisotopic (exact) mass is 362 g/mol. The number of rotatable bonds is 4. The fourth-order valence-electron chi connectivity index (χ4n) is 2.18. The zero-order chi connectivity index (χ0) is 17.1. The molecular weight excluding hydrogens is 350 g/mol. The van der Waals surface area contributed by atoms with Gasteiger partial charge in [0.05, 0.1) is 0 Å². The van der Waals surface area contributed by atoms with Gasteiger partial charge in [-0.25, -0.2) is 18.7 Å². The lowest BCUT2D eigenvalue weighted by molar-refractivity contribution is 0.591. The number of hydrogen-bond acceptors (Lipinski definition) is 3. The van der Waals surface area contributed by atoms with Crippen LogP contribution < -0.4 is 0 Å². The fourth-order valence-corrected chi connectivity index (χ4v) is 3.30. The molecule has 0 saturated heterocycles. The highest BCUT2D eigenvalue weighted by atomic mass is 35.5. The molecule has 1 heterocycles. The Balaban J connectivity index is 1.85. The summed E-state index contributed by atoms with van der Waals surface area (Å²) in [5.74, 6) is -0.0374. The van der Waals surface area contributed by atoms with Gasteiger partial charge in [-0.3, -0.25) is 0 Å². The van der Waals surface area contributed by atoms with Gasteiger partial charge in [0, 0.05) is 27.6 Å². The predicted octanol–water partition coefficient (Wildman–Crippen LogP) is 5.68. The number of aryl methyl sites for hydroxylation is 1. The Labute approximate surface area is 147 Å². The SMILES string of the molecule is Cc1cc(SCc2cc(F)ccc2F)nc(-c2cccc(Cl)c2)n1. The maximum absolute atomic E-state index is 13.7. The van der Waals surface area contributed by atoms with Crippen LogP contribution in [0, 0.1) is 18.6 Å². The van der Waals surface area contributed by atoms with Crippen molar-refractivity contribution in [2.75, 3.05) is 0 Å². The third-order valence-electron chi connectivity index (χ3n) is 3.30. The molecule has 6 heteroatoms. The summed E-state index contributed by atoms with van der Waals surface area (Å²) in [6, 6.07) is 12.5. The van der Waals surface area contributed by atoms with Crippen LogP contribution in [0.5, 0.6) is 0 Å². The van der Waals surface area contributed by atoms with E-state index in [9.17, 15) is 8.78 Å². The minimum Gasteiger partial charge on any atom is -0.233 e. The molecule has 3 rings (SSSR count). The van der Waals surface area contributed by atoms with Crippen LogP contribution in [0.25, 0.3) is 11.4 Å². The normalized spacial score (nSPS) is 10.8. The maximum Gasteiger partial charge on any atom is 0.160 e. The summed E-state index contributed by atoms with van der Waals surface area (Å²) in [6.45, 7) is 1.86. The molecular formula is C18H13ClF2N2S. The van der Waals surface area contributed by atoms with Gasteiger partial charge in [-0.05, 0) is 43.3 Å². The largest absolute Gasteiger partial charge is 0.233 e. The highest BCUT2D eigenvalue weighted by Crippen LogP contribution is 2.26. The molecule has 1 aromatic heterocycles. The number of thioether (sulfide) groups is 1. The predicted molar refractivity (Wildman–Crippen MR) is 93.1 cm³/mol. The molecule has 3 aromatic rings. The van der Waals surface area contributed by atoms with Gasteiger partial charge in [0.25, 0.3) is 0 Å². The van der Waals surface area contributed by atoms with Crippen molar-refractivity contribution in [1.29, 1.82) is 0 Å². The van der Waals surface area contributed by atoms with E-state index < -0.39 is 11.6 Å². The second-order valence-electron chi connectivity index (χ2n) is 5.21. The number of benzene rings is 2. The van der Waals surface area contributed by atoms with Crippen molar-refractivity contribution in [3.63, 3.8) is 0 Å². The summed E-state index contributed by atoms with van der Waals surface area (Å²) < 4.78 is 27.0. The Kier molecular flexibility index (Phi) is 5.11. The van der Waals surface area contributed by atoms with E-state index in [1.54, 1.807) is 12.1 Å². The molecule has 2 nitrogen and oxygen atoms in total. The van der Waals surface area contributed by atoms with E-state index in [1.165, 1.54) is 17.8 Å². The Morgan fingerprint density at radius 2 is 1.88 bits per heavy atom. The van der Waals surface area contributed by atoms with Crippen LogP contribution in [0.2, 0.25) is 5.02 Å². The van der Waals surface area contributed by atoms with Crippen LogP contribution in [-0.4, -0.2) is 9.97 Å². The molecule has 122 valence electrons. The molecule has 0 aliphatic carbocycles. The van der Waals surface area contributed by atoms with Crippen molar-refractivity contribution in [3.8, 4) is 11.4 Å². The third-order valence-corrected chi connectivity index (χ3v) is 4.49. The quantitative estimate of drug-likeness (QED) is 0.441. The molecule has 2 aromatic carbocycles. The average molecular weight is 363 g/mol. The average Bonchev–Trinajstić information content (AvgIpc) is 2.55. The molecule has 0 saturated carbocycles. The Hall–Kier alpha value is -1.98. The Morgan fingerprint density at radius 3 is 2.67 bits per heavy atom. The van der Waals surface area contributed by atoms with Crippen molar-refractivity contribution >= 4 is 23.4 Å². The summed E-state index contributed by atoms with van der Waals surface area (Å²) in [5.41, 5.74) is 1.91. The highest BCUT2D eigenvalue weighted by molar-refractivity contribution is 7.98. The molecule has 0 radical (unpaired) electrons. The molecule has 0 spiro atoms. The van der Waals surface area contributed by atoms with E-state index in [-0.39, 0.29) is 5.75 Å². The summed E-state index contributed by atoms with van der Waals surface area (Å²) in [6.07, 6.45) is 0. The second kappa shape index (κ2) is 7.28. The van der Waals surface area contributed by atoms with Crippen molar-refractivity contribution < 1.29 is 8.78 Å². The zero-order valence-corrected chi connectivity index (χ0v) is 14.3. The van der Waals surface area contributed by atoms with Gasteiger partial charge in [-0.2, -0.15) is 0 Å². The van der Waals surface area contributed by atoms with E-state index in [0.717, 1.165) is 23.4 Å². The molecule has 0 atom stereocenters. The van der Waals surface area contributed by atoms with Crippen molar-refractivity contribution in [2.24, 2.45) is 0 Å². The van der Waals surface area contributed by atoms with Crippen LogP contribution in [0.3, 0.4) is 0 Å². The van der Waals surface area contributed by atoms with Gasteiger partial charge in [0.1, 0.15) is 16.7 Å². The summed E-state index contributed by atoms with van der Waals surface area (Å²) in [7, 11) is 0.